The average Bonchev–Trinajstić information content (AvgIpc) is 3.31. The minimum absolute atomic E-state index is 0.0804. The molecule has 1 aliphatic rings. The van der Waals surface area contributed by atoms with E-state index in [1.54, 1.807) is 36.3 Å². The summed E-state index contributed by atoms with van der Waals surface area (Å²) in [5.41, 5.74) is 0.602. The molecule has 0 spiro atoms. The number of thioether (sulfide) groups is 1. The van der Waals surface area contributed by atoms with Gasteiger partial charge < -0.3 is 24.6 Å². The van der Waals surface area contributed by atoms with Crippen molar-refractivity contribution in [1.29, 1.82) is 0 Å². The van der Waals surface area contributed by atoms with Gasteiger partial charge in [0, 0.05) is 39.8 Å². The summed E-state index contributed by atoms with van der Waals surface area (Å²) in [5, 5.41) is 11.9. The second-order valence-corrected chi connectivity index (χ2v) is 8.98. The van der Waals surface area contributed by atoms with Crippen molar-refractivity contribution in [3.05, 3.63) is 35.4 Å². The van der Waals surface area contributed by atoms with Gasteiger partial charge in [0.05, 0.1) is 30.6 Å². The predicted molar refractivity (Wildman–Crippen MR) is 121 cm³/mol. The van der Waals surface area contributed by atoms with E-state index in [-0.39, 0.29) is 23.1 Å². The van der Waals surface area contributed by atoms with Crippen molar-refractivity contribution in [1.82, 2.24) is 20.4 Å². The summed E-state index contributed by atoms with van der Waals surface area (Å²) in [7, 11) is 2.88. The summed E-state index contributed by atoms with van der Waals surface area (Å²) in [6.45, 7) is 3.15. The van der Waals surface area contributed by atoms with Crippen molar-refractivity contribution >= 4 is 46.0 Å². The fourth-order valence-electron chi connectivity index (χ4n) is 3.09. The normalized spacial score (nSPS) is 13.7. The van der Waals surface area contributed by atoms with Crippen LogP contribution in [0.15, 0.2) is 28.6 Å². The van der Waals surface area contributed by atoms with Crippen LogP contribution in [0.1, 0.15) is 20.7 Å². The van der Waals surface area contributed by atoms with Gasteiger partial charge in [-0.15, -0.1) is 10.2 Å². The van der Waals surface area contributed by atoms with Crippen LogP contribution in [0, 0.1) is 0 Å². The quantitative estimate of drug-likeness (QED) is 0.321. The highest BCUT2D eigenvalue weighted by Crippen LogP contribution is 2.28. The van der Waals surface area contributed by atoms with Crippen molar-refractivity contribution in [2.45, 2.75) is 4.34 Å². The Hall–Kier alpha value is -2.70. The summed E-state index contributed by atoms with van der Waals surface area (Å²) in [5.74, 6) is -0.541. The molecule has 0 bridgehead atoms. The van der Waals surface area contributed by atoms with Crippen LogP contribution in [-0.2, 0) is 14.3 Å². The Labute approximate surface area is 194 Å². The number of nitrogens with one attached hydrogen (secondary N) is 1. The second-order valence-electron chi connectivity index (χ2n) is 6.80. The molecule has 1 N–H and O–H groups in total. The van der Waals surface area contributed by atoms with Gasteiger partial charge >= 0.3 is 5.97 Å². The van der Waals surface area contributed by atoms with Gasteiger partial charge in [-0.05, 0) is 12.1 Å². The first kappa shape index (κ1) is 24.0. The minimum atomic E-state index is -0.529. The van der Waals surface area contributed by atoms with Crippen LogP contribution in [0.4, 0.5) is 5.13 Å². The van der Waals surface area contributed by atoms with Crippen molar-refractivity contribution in [2.24, 2.45) is 0 Å². The fourth-order valence-corrected chi connectivity index (χ4v) is 4.81. The molecule has 2 aromatic rings. The number of ether oxygens (including phenoxy) is 2. The minimum Gasteiger partial charge on any atom is -0.465 e. The lowest BCUT2D eigenvalue weighted by Crippen LogP contribution is -2.49. The Morgan fingerprint density at radius 2 is 1.81 bits per heavy atom. The van der Waals surface area contributed by atoms with Gasteiger partial charge in [0.1, 0.15) is 0 Å². The molecule has 0 saturated carbocycles. The van der Waals surface area contributed by atoms with E-state index >= 15 is 0 Å². The Bertz CT molecular complexity index is 946. The smallest absolute Gasteiger partial charge is 0.338 e. The number of esters is 1. The monoisotopic (exact) mass is 479 g/mol. The summed E-state index contributed by atoms with van der Waals surface area (Å²) in [4.78, 5) is 40.5. The number of amides is 2. The molecule has 1 aliphatic heterocycles. The van der Waals surface area contributed by atoms with Crippen molar-refractivity contribution in [3.8, 4) is 0 Å². The standard InChI is InChI=1S/C20H25N5O5S2/c1-29-12-7-21-16(26)13-31-20-23-22-19(32-20)25-10-8-24(9-11-25)17(27)14-5-3-4-6-15(14)18(28)30-2/h3-6H,7-13H2,1-2H3,(H,21,26). The molecule has 2 amide bonds. The zero-order chi connectivity index (χ0) is 22.9. The lowest BCUT2D eigenvalue weighted by atomic mass is 10.1. The Morgan fingerprint density at radius 3 is 2.50 bits per heavy atom. The number of methoxy groups -OCH3 is 2. The number of carbonyl (C=O) groups excluding carboxylic acids is 3. The van der Waals surface area contributed by atoms with Gasteiger partial charge in [-0.25, -0.2) is 4.79 Å². The van der Waals surface area contributed by atoms with Crippen LogP contribution >= 0.6 is 23.1 Å². The molecular weight excluding hydrogens is 454 g/mol. The molecule has 0 unspecified atom stereocenters. The summed E-state index contributed by atoms with van der Waals surface area (Å²) in [6, 6.07) is 6.66. The maximum Gasteiger partial charge on any atom is 0.338 e. The summed E-state index contributed by atoms with van der Waals surface area (Å²) >= 11 is 2.76. The number of hydrogen-bond acceptors (Lipinski definition) is 10. The van der Waals surface area contributed by atoms with Crippen molar-refractivity contribution in [3.63, 3.8) is 0 Å². The highest BCUT2D eigenvalue weighted by molar-refractivity contribution is 8.01. The Morgan fingerprint density at radius 1 is 1.09 bits per heavy atom. The Kier molecular flexibility index (Phi) is 8.82. The topological polar surface area (TPSA) is 114 Å². The van der Waals surface area contributed by atoms with Crippen molar-refractivity contribution < 1.29 is 23.9 Å². The predicted octanol–water partition coefficient (Wildman–Crippen LogP) is 1.14. The molecule has 1 aromatic carbocycles. The van der Waals surface area contributed by atoms with Gasteiger partial charge in [-0.2, -0.15) is 0 Å². The van der Waals surface area contributed by atoms with Gasteiger partial charge in [0.25, 0.3) is 5.91 Å². The molecule has 12 heteroatoms. The number of nitrogens with zero attached hydrogens (tertiary/aromatic N) is 4. The summed E-state index contributed by atoms with van der Waals surface area (Å²) < 4.78 is 10.4. The third-order valence-electron chi connectivity index (χ3n) is 4.75. The number of anilines is 1. The molecule has 1 saturated heterocycles. The van der Waals surface area contributed by atoms with Crippen LogP contribution in [-0.4, -0.2) is 92.2 Å². The first-order chi connectivity index (χ1) is 15.5. The van der Waals surface area contributed by atoms with E-state index in [4.69, 9.17) is 9.47 Å². The fraction of sp³-hybridized carbons (Fsp3) is 0.450. The highest BCUT2D eigenvalue weighted by Gasteiger charge is 2.27. The molecule has 0 atom stereocenters. The van der Waals surface area contributed by atoms with Crippen LogP contribution in [0.3, 0.4) is 0 Å². The third-order valence-corrected chi connectivity index (χ3v) is 6.87. The SMILES string of the molecule is COCCNC(=O)CSc1nnc(N2CCN(C(=O)c3ccccc3C(=O)OC)CC2)s1. The molecule has 172 valence electrons. The van der Waals surface area contributed by atoms with E-state index in [1.807, 2.05) is 0 Å². The van der Waals surface area contributed by atoms with E-state index < -0.39 is 5.97 Å². The third kappa shape index (κ3) is 6.17. The number of hydrogen-bond donors (Lipinski definition) is 1. The number of aromatic nitrogens is 2. The molecule has 0 radical (unpaired) electrons. The molecule has 2 heterocycles. The molecule has 32 heavy (non-hydrogen) atoms. The van der Waals surface area contributed by atoms with Crippen LogP contribution in [0.25, 0.3) is 0 Å². The van der Waals surface area contributed by atoms with Gasteiger partial charge in [-0.3, -0.25) is 9.59 Å². The average molecular weight is 480 g/mol. The number of carbonyl (C=O) groups is 3. The number of rotatable bonds is 9. The molecule has 3 rings (SSSR count). The number of benzene rings is 1. The molecule has 0 aliphatic carbocycles. The lowest BCUT2D eigenvalue weighted by molar-refractivity contribution is -0.118. The summed E-state index contributed by atoms with van der Waals surface area (Å²) in [6.07, 6.45) is 0. The van der Waals surface area contributed by atoms with Gasteiger partial charge in [-0.1, -0.05) is 35.2 Å². The van der Waals surface area contributed by atoms with Gasteiger partial charge in [0.2, 0.25) is 11.0 Å². The molecular formula is C20H25N5O5S2. The van der Waals surface area contributed by atoms with E-state index in [0.29, 0.717) is 49.2 Å². The first-order valence-electron chi connectivity index (χ1n) is 9.97. The first-order valence-corrected chi connectivity index (χ1v) is 11.8. The van der Waals surface area contributed by atoms with E-state index in [2.05, 4.69) is 20.4 Å². The second kappa shape index (κ2) is 11.8. The lowest BCUT2D eigenvalue weighted by Gasteiger charge is -2.34. The van der Waals surface area contributed by atoms with Crippen LogP contribution in [0.5, 0.6) is 0 Å². The van der Waals surface area contributed by atoms with E-state index in [9.17, 15) is 14.4 Å². The maximum atomic E-state index is 13.0. The largest absolute Gasteiger partial charge is 0.465 e. The van der Waals surface area contributed by atoms with Crippen molar-refractivity contribution in [2.75, 3.05) is 64.2 Å². The van der Waals surface area contributed by atoms with E-state index in [0.717, 1.165) is 5.13 Å². The maximum absolute atomic E-state index is 13.0. The molecule has 10 nitrogen and oxygen atoms in total. The highest BCUT2D eigenvalue weighted by atomic mass is 32.2. The number of piperazine rings is 1. The van der Waals surface area contributed by atoms with Crippen LogP contribution in [0.2, 0.25) is 0 Å². The van der Waals surface area contributed by atoms with Gasteiger partial charge in [0.15, 0.2) is 4.34 Å². The Balaban J connectivity index is 1.52. The van der Waals surface area contributed by atoms with E-state index in [1.165, 1.54) is 30.2 Å². The zero-order valence-corrected chi connectivity index (χ0v) is 19.5. The molecule has 1 fully saturated rings. The zero-order valence-electron chi connectivity index (χ0n) is 17.9. The molecule has 1 aromatic heterocycles. The van der Waals surface area contributed by atoms with Crippen LogP contribution < -0.4 is 10.2 Å².